The summed E-state index contributed by atoms with van der Waals surface area (Å²) in [6.07, 6.45) is 11.0. The van der Waals surface area contributed by atoms with Crippen LogP contribution in [0.4, 0.5) is 5.69 Å². The predicted octanol–water partition coefficient (Wildman–Crippen LogP) is 6.74. The molecule has 0 bridgehead atoms. The molecule has 0 heterocycles. The number of rotatable bonds is 3. The van der Waals surface area contributed by atoms with E-state index in [1.807, 2.05) is 0 Å². The second-order valence-corrected chi connectivity index (χ2v) is 8.13. The zero-order valence-electron chi connectivity index (χ0n) is 13.2. The first kappa shape index (κ1) is 19.8. The molecule has 4 heteroatoms. The Kier molecular flexibility index (Phi) is 9.51. The Morgan fingerprint density at radius 3 is 2.55 bits per heavy atom. The zero-order valence-corrected chi connectivity index (χ0v) is 16.3. The molecular weight excluding hydrogens is 349 g/mol. The minimum atomic E-state index is -0.556. The first-order valence-electron chi connectivity index (χ1n) is 7.32. The van der Waals surface area contributed by atoms with Crippen molar-refractivity contribution in [3.63, 3.8) is 0 Å². The molecule has 2 unspecified atom stereocenters. The Morgan fingerprint density at radius 2 is 1.86 bits per heavy atom. The molecule has 0 amide bonds. The van der Waals surface area contributed by atoms with Crippen LogP contribution in [0.5, 0.6) is 0 Å². The van der Waals surface area contributed by atoms with Crippen LogP contribution in [-0.2, 0) is 17.0 Å². The fraction of sp³-hybridized carbons (Fsp3) is 0.389. The Morgan fingerprint density at radius 1 is 1.18 bits per heavy atom. The van der Waals surface area contributed by atoms with Crippen LogP contribution >= 0.6 is 18.6 Å². The van der Waals surface area contributed by atoms with Crippen molar-refractivity contribution in [3.8, 4) is 0 Å². The maximum absolute atomic E-state index is 4.89. The van der Waals surface area contributed by atoms with Crippen LogP contribution in [0.15, 0.2) is 48.1 Å². The van der Waals surface area contributed by atoms with Gasteiger partial charge in [0.25, 0.3) is 0 Å². The third-order valence-electron chi connectivity index (χ3n) is 4.19. The Hall–Kier alpha value is -0.206. The molecule has 0 aliphatic heterocycles. The molecule has 1 nitrogen and oxygen atoms in total. The summed E-state index contributed by atoms with van der Waals surface area (Å²) in [7, 11) is 9.78. The van der Waals surface area contributed by atoms with Crippen LogP contribution in [-0.4, -0.2) is 6.54 Å². The topological polar surface area (TPSA) is 14.1 Å². The molecule has 1 aromatic rings. The maximum atomic E-state index is 4.89. The van der Waals surface area contributed by atoms with E-state index in [0.29, 0.717) is 0 Å². The van der Waals surface area contributed by atoms with Crippen LogP contribution in [0, 0.1) is 26.2 Å². The van der Waals surface area contributed by atoms with Crippen molar-refractivity contribution in [3.05, 3.63) is 66.4 Å². The Bertz CT molecular complexity index is 496. The molecule has 22 heavy (non-hydrogen) atoms. The summed E-state index contributed by atoms with van der Waals surface area (Å²) in [5.74, 6) is 1.56. The van der Waals surface area contributed by atoms with E-state index in [2.05, 4.69) is 49.4 Å². The van der Waals surface area contributed by atoms with Gasteiger partial charge in [0.15, 0.2) is 0 Å². The first-order chi connectivity index (χ1) is 10.2. The number of halogens is 2. The third-order valence-corrected chi connectivity index (χ3v) is 4.19. The van der Waals surface area contributed by atoms with Gasteiger partial charge in [-0.15, -0.1) is 12.2 Å². The number of fused-ring (bicyclic) bond motifs is 1. The van der Waals surface area contributed by atoms with Crippen molar-refractivity contribution in [1.29, 1.82) is 0 Å². The van der Waals surface area contributed by atoms with Gasteiger partial charge in [0, 0.05) is 0 Å². The number of hydrogen-bond donors (Lipinski definition) is 0. The van der Waals surface area contributed by atoms with Gasteiger partial charge in [-0.2, -0.15) is 0 Å². The van der Waals surface area contributed by atoms with Crippen molar-refractivity contribution in [2.75, 3.05) is 6.54 Å². The van der Waals surface area contributed by atoms with E-state index >= 15 is 0 Å². The van der Waals surface area contributed by atoms with Crippen molar-refractivity contribution in [1.82, 2.24) is 0 Å². The Labute approximate surface area is 151 Å². The SMILES string of the molecule is Cc1ccc([N-]CC2=CC=CC3CCCC23)cc1.[CH3-].[Cl][Ti][Cl]. The summed E-state index contributed by atoms with van der Waals surface area (Å²) in [5.41, 5.74) is 3.93. The molecule has 2 atom stereocenters. The van der Waals surface area contributed by atoms with Gasteiger partial charge < -0.3 is 12.7 Å². The minimum absolute atomic E-state index is 0. The third kappa shape index (κ3) is 5.78. The first-order valence-corrected chi connectivity index (χ1v) is 11.6. The van der Waals surface area contributed by atoms with Gasteiger partial charge in [-0.25, -0.2) is 0 Å². The molecule has 1 saturated carbocycles. The number of allylic oxidation sites excluding steroid dienone is 3. The average molecular weight is 372 g/mol. The van der Waals surface area contributed by atoms with Crippen LogP contribution in [0.2, 0.25) is 0 Å². The van der Waals surface area contributed by atoms with Gasteiger partial charge in [-0.1, -0.05) is 60.1 Å². The van der Waals surface area contributed by atoms with Crippen molar-refractivity contribution < 1.29 is 17.0 Å². The molecule has 1 fully saturated rings. The average Bonchev–Trinajstić information content (AvgIpc) is 2.96. The standard InChI is InChI=1S/C17H20N.CH3.2ClH.Ti/c1-13-8-10-16(11-9-13)18-12-15-6-2-4-14-5-3-7-17(14)15;;;;/h2,4,6,8-11,14,17H,3,5,7,12H2,1H3;1H3;2*1H;/q2*-1;;;+2/p-2. The molecule has 0 aromatic heterocycles. The summed E-state index contributed by atoms with van der Waals surface area (Å²) < 4.78 is 0. The van der Waals surface area contributed by atoms with E-state index in [9.17, 15) is 0 Å². The summed E-state index contributed by atoms with van der Waals surface area (Å²) in [5, 5.41) is 4.73. The zero-order chi connectivity index (χ0) is 15.1. The number of aryl methyl sites for hydroxylation is 1. The second-order valence-electron chi connectivity index (χ2n) is 5.55. The van der Waals surface area contributed by atoms with E-state index in [0.717, 1.165) is 24.1 Å². The molecule has 3 rings (SSSR count). The van der Waals surface area contributed by atoms with E-state index < -0.39 is 17.0 Å². The van der Waals surface area contributed by atoms with Crippen molar-refractivity contribution in [2.45, 2.75) is 26.2 Å². The van der Waals surface area contributed by atoms with Crippen LogP contribution in [0.25, 0.3) is 5.32 Å². The number of hydrogen-bond acceptors (Lipinski definition) is 0. The molecule has 2 aliphatic carbocycles. The fourth-order valence-electron chi connectivity index (χ4n) is 3.13. The van der Waals surface area contributed by atoms with Crippen LogP contribution in [0.1, 0.15) is 24.8 Å². The Balaban J connectivity index is 0.000000562. The van der Waals surface area contributed by atoms with Crippen molar-refractivity contribution in [2.24, 2.45) is 11.8 Å². The summed E-state index contributed by atoms with van der Waals surface area (Å²) in [6, 6.07) is 8.49. The van der Waals surface area contributed by atoms with Gasteiger partial charge in [0.05, 0.1) is 0 Å². The van der Waals surface area contributed by atoms with Gasteiger partial charge in [0.2, 0.25) is 0 Å². The normalized spacial score (nSPS) is 21.7. The predicted molar refractivity (Wildman–Crippen MR) is 95.2 cm³/mol. The summed E-state index contributed by atoms with van der Waals surface area (Å²) in [4.78, 5) is 0. The van der Waals surface area contributed by atoms with E-state index in [4.69, 9.17) is 23.9 Å². The molecule has 0 N–H and O–H groups in total. The molecule has 0 radical (unpaired) electrons. The molecule has 1 aromatic carbocycles. The number of nitrogens with zero attached hydrogens (tertiary/aromatic N) is 1. The summed E-state index contributed by atoms with van der Waals surface area (Å²) >= 11 is -0.556. The quantitative estimate of drug-likeness (QED) is 0.412. The van der Waals surface area contributed by atoms with Gasteiger partial charge in [0.1, 0.15) is 0 Å². The monoisotopic (exact) mass is 371 g/mol. The van der Waals surface area contributed by atoms with Crippen LogP contribution < -0.4 is 0 Å². The summed E-state index contributed by atoms with van der Waals surface area (Å²) in [6.45, 7) is 2.98. The van der Waals surface area contributed by atoms with E-state index in [1.54, 1.807) is 0 Å². The van der Waals surface area contributed by atoms with E-state index in [1.165, 1.54) is 30.4 Å². The molecule has 2 aliphatic rings. The fourth-order valence-corrected chi connectivity index (χ4v) is 3.13. The molecule has 0 spiro atoms. The second kappa shape index (κ2) is 10.5. The van der Waals surface area contributed by atoms with E-state index in [-0.39, 0.29) is 7.43 Å². The van der Waals surface area contributed by atoms with Crippen molar-refractivity contribution >= 4 is 24.3 Å². The van der Waals surface area contributed by atoms with Gasteiger partial charge in [-0.3, -0.25) is 0 Å². The molecular formula is C18H23Cl2NTi-2. The molecule has 0 saturated heterocycles. The number of benzene rings is 1. The van der Waals surface area contributed by atoms with Crippen LogP contribution in [0.3, 0.4) is 0 Å². The van der Waals surface area contributed by atoms with Gasteiger partial charge in [-0.05, 0) is 31.6 Å². The van der Waals surface area contributed by atoms with Gasteiger partial charge >= 0.3 is 35.6 Å². The molecule has 120 valence electrons.